The fraction of sp³-hybridized carbons (Fsp3) is 0.594. The van der Waals surface area contributed by atoms with Gasteiger partial charge in [-0.25, -0.2) is 14.5 Å². The highest BCUT2D eigenvalue weighted by molar-refractivity contribution is 6.74. The molecule has 3 aliphatic rings. The largest absolute Gasteiger partial charge is 0.415 e. The second-order valence-electron chi connectivity index (χ2n) is 14.2. The lowest BCUT2D eigenvalue weighted by Gasteiger charge is -2.40. The number of carbonyl (C=O) groups excluding carboxylic acids is 2. The van der Waals surface area contributed by atoms with Crippen LogP contribution in [0, 0.1) is 0 Å². The molecule has 240 valence electrons. The number of carbonyl (C=O) groups is 2. The average molecular weight is 632 g/mol. The molecule has 1 unspecified atom stereocenters. The van der Waals surface area contributed by atoms with Crippen LogP contribution >= 0.6 is 0 Å². The van der Waals surface area contributed by atoms with E-state index in [1.54, 1.807) is 16.9 Å². The number of hydrogen-bond acceptors (Lipinski definition) is 8. The van der Waals surface area contributed by atoms with Crippen molar-refractivity contribution in [1.29, 1.82) is 0 Å². The Kier molecular flexibility index (Phi) is 8.50. The van der Waals surface area contributed by atoms with Crippen molar-refractivity contribution in [3.8, 4) is 11.5 Å². The van der Waals surface area contributed by atoms with E-state index in [0.29, 0.717) is 49.1 Å². The molecular formula is C32H45N9O3Si. The van der Waals surface area contributed by atoms with Gasteiger partial charge in [-0.2, -0.15) is 0 Å². The summed E-state index contributed by atoms with van der Waals surface area (Å²) in [4.78, 5) is 40.0. The molecule has 0 saturated carbocycles. The normalized spacial score (nSPS) is 20.6. The summed E-state index contributed by atoms with van der Waals surface area (Å²) >= 11 is 0. The van der Waals surface area contributed by atoms with Gasteiger partial charge in [0.1, 0.15) is 17.2 Å². The first-order valence-corrected chi connectivity index (χ1v) is 19.1. The van der Waals surface area contributed by atoms with E-state index in [0.717, 1.165) is 43.2 Å². The van der Waals surface area contributed by atoms with Gasteiger partial charge in [0.15, 0.2) is 8.32 Å². The summed E-state index contributed by atoms with van der Waals surface area (Å²) in [5.41, 5.74) is 2.87. The maximum absolute atomic E-state index is 13.5. The van der Waals surface area contributed by atoms with Crippen molar-refractivity contribution in [3.05, 3.63) is 47.3 Å². The molecule has 3 atom stereocenters. The lowest BCUT2D eigenvalue weighted by atomic mass is 10.00. The third-order valence-corrected chi connectivity index (χ3v) is 14.6. The molecule has 2 bridgehead atoms. The Morgan fingerprint density at radius 3 is 2.60 bits per heavy atom. The first-order valence-electron chi connectivity index (χ1n) is 16.2. The average Bonchev–Trinajstić information content (AvgIpc) is 3.60. The first-order chi connectivity index (χ1) is 21.4. The number of hydrogen-bond donors (Lipinski definition) is 1. The van der Waals surface area contributed by atoms with Crippen LogP contribution in [0.2, 0.25) is 18.1 Å². The number of piperidine rings is 1. The summed E-state index contributed by atoms with van der Waals surface area (Å²) < 4.78 is 8.13. The van der Waals surface area contributed by atoms with Gasteiger partial charge in [-0.05, 0) is 103 Å². The van der Waals surface area contributed by atoms with E-state index in [-0.39, 0.29) is 28.7 Å². The minimum atomic E-state index is -1.94. The minimum Gasteiger partial charge on any atom is -0.415 e. The van der Waals surface area contributed by atoms with Crippen LogP contribution in [0.25, 0.3) is 11.5 Å². The molecule has 0 aliphatic carbocycles. The number of tetrazole rings is 1. The number of urea groups is 1. The number of amides is 3. The predicted octanol–water partition coefficient (Wildman–Crippen LogP) is 5.46. The molecule has 2 fully saturated rings. The van der Waals surface area contributed by atoms with E-state index >= 15 is 0 Å². The molecule has 3 amide bonds. The number of rotatable bonds is 7. The summed E-state index contributed by atoms with van der Waals surface area (Å²) in [6.07, 6.45) is 8.16. The molecule has 0 radical (unpaired) electrons. The summed E-state index contributed by atoms with van der Waals surface area (Å²) in [6.45, 7) is 14.7. The topological polar surface area (TPSA) is 131 Å². The fourth-order valence-electron chi connectivity index (χ4n) is 6.40. The van der Waals surface area contributed by atoms with E-state index in [1.165, 1.54) is 6.42 Å². The van der Waals surface area contributed by atoms with Crippen molar-refractivity contribution < 1.29 is 14.0 Å². The minimum absolute atomic E-state index is 0.0980. The third-order valence-electron chi connectivity index (χ3n) is 10.1. The van der Waals surface area contributed by atoms with Gasteiger partial charge in [0, 0.05) is 31.4 Å². The molecule has 0 aromatic carbocycles. The zero-order chi connectivity index (χ0) is 31.9. The molecule has 3 aliphatic heterocycles. The van der Waals surface area contributed by atoms with Crippen molar-refractivity contribution in [2.45, 2.75) is 109 Å². The summed E-state index contributed by atoms with van der Waals surface area (Å²) in [6, 6.07) is 7.95. The van der Waals surface area contributed by atoms with Gasteiger partial charge in [0.2, 0.25) is 5.82 Å². The Morgan fingerprint density at radius 1 is 1.11 bits per heavy atom. The van der Waals surface area contributed by atoms with Crippen LogP contribution in [0.5, 0.6) is 0 Å². The van der Waals surface area contributed by atoms with Gasteiger partial charge in [-0.15, -0.1) is 5.10 Å². The highest BCUT2D eigenvalue weighted by Crippen LogP contribution is 2.38. The molecule has 13 heteroatoms. The van der Waals surface area contributed by atoms with Gasteiger partial charge >= 0.3 is 6.03 Å². The molecule has 3 aromatic rings. The summed E-state index contributed by atoms with van der Waals surface area (Å²) in [5, 5.41) is 15.3. The van der Waals surface area contributed by atoms with Crippen molar-refractivity contribution in [2.75, 3.05) is 18.5 Å². The van der Waals surface area contributed by atoms with Crippen molar-refractivity contribution in [2.24, 2.45) is 0 Å². The van der Waals surface area contributed by atoms with Gasteiger partial charge in [0.25, 0.3) is 5.91 Å². The first kappa shape index (κ1) is 31.3. The molecule has 3 aromatic heterocycles. The smallest absolute Gasteiger partial charge is 0.320 e. The van der Waals surface area contributed by atoms with Crippen LogP contribution < -0.4 is 5.32 Å². The molecule has 12 nitrogen and oxygen atoms in total. The molecule has 2 saturated heterocycles. The van der Waals surface area contributed by atoms with Crippen LogP contribution in [-0.4, -0.2) is 85.5 Å². The SMILES string of the molecule is CC(CO[Si](C)(C)C(C)(C)C)n1nnnc1-c1cccc(NC(=O)c2cc3c(cn2)CCN(C(=O)N2[C@@H]4CCC[C@H]2CC4)C3)n1. The Balaban J connectivity index is 1.12. The second kappa shape index (κ2) is 12.2. The van der Waals surface area contributed by atoms with Gasteiger partial charge in [-0.3, -0.25) is 9.78 Å². The Morgan fingerprint density at radius 2 is 1.87 bits per heavy atom. The quantitative estimate of drug-likeness (QED) is 0.340. The molecule has 6 rings (SSSR count). The van der Waals surface area contributed by atoms with E-state index in [9.17, 15) is 9.59 Å². The van der Waals surface area contributed by atoms with Crippen LogP contribution in [0.4, 0.5) is 10.6 Å². The number of fused-ring (bicyclic) bond motifs is 3. The lowest BCUT2D eigenvalue weighted by Crippen LogP contribution is -2.51. The van der Waals surface area contributed by atoms with Gasteiger partial charge in [-0.1, -0.05) is 26.8 Å². The third kappa shape index (κ3) is 6.37. The van der Waals surface area contributed by atoms with Crippen LogP contribution in [0.1, 0.15) is 87.5 Å². The molecule has 1 N–H and O–H groups in total. The van der Waals surface area contributed by atoms with Crippen LogP contribution in [0.15, 0.2) is 30.5 Å². The standard InChI is InChI=1S/C32H45N9O3Si/c1-21(20-44-45(5,6)32(2,3)4)41-29(36-37-38-41)26-11-8-12-28(34-26)35-30(42)27-17-23-19-39(16-15-22(23)18-33-27)31(43)40-24-9-7-10-25(40)14-13-24/h8,11-12,17-18,21,24-25H,7,9-10,13-16,19-20H2,1-6H3,(H,34,35,42)/t21?,24-,25+. The molecule has 6 heterocycles. The van der Waals surface area contributed by atoms with Crippen molar-refractivity contribution >= 4 is 26.1 Å². The predicted molar refractivity (Wildman–Crippen MR) is 173 cm³/mol. The second-order valence-corrected chi connectivity index (χ2v) is 19.1. The van der Waals surface area contributed by atoms with E-state index in [1.807, 2.05) is 30.0 Å². The van der Waals surface area contributed by atoms with E-state index in [4.69, 9.17) is 4.43 Å². The summed E-state index contributed by atoms with van der Waals surface area (Å²) in [5.74, 6) is 0.501. The molecule has 0 spiro atoms. The lowest BCUT2D eigenvalue weighted by molar-refractivity contribution is 0.102. The maximum Gasteiger partial charge on any atom is 0.320 e. The van der Waals surface area contributed by atoms with E-state index < -0.39 is 8.32 Å². The maximum atomic E-state index is 13.5. The van der Waals surface area contributed by atoms with Crippen LogP contribution in [-0.2, 0) is 17.4 Å². The highest BCUT2D eigenvalue weighted by atomic mass is 28.4. The van der Waals surface area contributed by atoms with Gasteiger partial charge < -0.3 is 19.5 Å². The van der Waals surface area contributed by atoms with Crippen molar-refractivity contribution in [1.82, 2.24) is 40.0 Å². The number of pyridine rings is 2. The Bertz CT molecular complexity index is 1550. The molecular weight excluding hydrogens is 586 g/mol. The zero-order valence-corrected chi connectivity index (χ0v) is 28.3. The Hall–Kier alpha value is -3.71. The van der Waals surface area contributed by atoms with E-state index in [2.05, 4.69) is 69.6 Å². The van der Waals surface area contributed by atoms with Gasteiger partial charge in [0.05, 0.1) is 12.6 Å². The highest BCUT2D eigenvalue weighted by Gasteiger charge is 2.42. The molecule has 45 heavy (non-hydrogen) atoms. The number of aromatic nitrogens is 6. The zero-order valence-electron chi connectivity index (χ0n) is 27.3. The summed E-state index contributed by atoms with van der Waals surface area (Å²) in [7, 11) is -1.94. The fourth-order valence-corrected chi connectivity index (χ4v) is 7.49. The number of nitrogens with one attached hydrogen (secondary N) is 1. The van der Waals surface area contributed by atoms with Crippen molar-refractivity contribution in [3.63, 3.8) is 0 Å². The number of nitrogens with zero attached hydrogens (tertiary/aromatic N) is 8. The monoisotopic (exact) mass is 631 g/mol. The Labute approximate surface area is 266 Å². The van der Waals surface area contributed by atoms with Crippen LogP contribution in [0.3, 0.4) is 0 Å². The number of anilines is 1.